The van der Waals surface area contributed by atoms with Crippen LogP contribution in [0.2, 0.25) is 0 Å². The lowest BCUT2D eigenvalue weighted by molar-refractivity contribution is -0.00000681. The summed E-state index contributed by atoms with van der Waals surface area (Å²) in [6.45, 7) is 1.61. The van der Waals surface area contributed by atoms with E-state index in [1.165, 1.54) is 17.7 Å². The molecule has 7 heteroatoms. The molecule has 114 valence electrons. The molecule has 0 fully saturated rings. The fraction of sp³-hybridized carbons (Fsp3) is 0.214. The van der Waals surface area contributed by atoms with Gasteiger partial charge in [0.15, 0.2) is 0 Å². The van der Waals surface area contributed by atoms with E-state index in [0.29, 0.717) is 0 Å². The van der Waals surface area contributed by atoms with Gasteiger partial charge in [0.2, 0.25) is 10.0 Å². The average Bonchev–Trinajstić information content (AvgIpc) is 2.44. The molecule has 0 spiro atoms. The number of hydrogen-bond acceptors (Lipinski definition) is 4. The van der Waals surface area contributed by atoms with E-state index in [2.05, 4.69) is 10.3 Å². The molecule has 3 N–H and O–H groups in total. The van der Waals surface area contributed by atoms with Crippen LogP contribution in [-0.4, -0.2) is 19.9 Å². The van der Waals surface area contributed by atoms with Crippen molar-refractivity contribution in [1.29, 1.82) is 0 Å². The van der Waals surface area contributed by atoms with Crippen molar-refractivity contribution in [3.05, 3.63) is 59.9 Å². The third-order valence-electron chi connectivity index (χ3n) is 2.92. The van der Waals surface area contributed by atoms with E-state index in [0.717, 1.165) is 25.1 Å². The molecule has 1 aromatic heterocycles. The molecule has 0 aliphatic rings. The van der Waals surface area contributed by atoms with Crippen LogP contribution in [0, 0.1) is 0 Å². The number of pyridine rings is 1. The molecule has 0 saturated heterocycles. The minimum Gasteiger partial charge on any atom is -1.00 e. The molecule has 1 heterocycles. The van der Waals surface area contributed by atoms with Crippen LogP contribution in [0.3, 0.4) is 0 Å². The predicted molar refractivity (Wildman–Crippen MR) is 77.5 cm³/mol. The average molecular weight is 327 g/mol. The van der Waals surface area contributed by atoms with Gasteiger partial charge in [0, 0.05) is 18.9 Å². The number of nitrogens with one attached hydrogen (secondary N) is 1. The highest BCUT2D eigenvalue weighted by Crippen LogP contribution is 2.09. The molecular weight excluding hydrogens is 310 g/mol. The third-order valence-corrected chi connectivity index (χ3v) is 3.85. The Morgan fingerprint density at radius 2 is 1.62 bits per heavy atom. The van der Waals surface area contributed by atoms with Crippen molar-refractivity contribution < 1.29 is 20.8 Å². The van der Waals surface area contributed by atoms with Crippen LogP contribution >= 0.6 is 0 Å². The second kappa shape index (κ2) is 8.09. The van der Waals surface area contributed by atoms with Crippen molar-refractivity contribution in [1.82, 2.24) is 10.3 Å². The summed E-state index contributed by atoms with van der Waals surface area (Å²) in [7, 11) is -3.60. The van der Waals surface area contributed by atoms with Crippen LogP contribution < -0.4 is 22.9 Å². The molecule has 1 aromatic carbocycles. The Bertz CT molecular complexity index is 646. The van der Waals surface area contributed by atoms with Crippen molar-refractivity contribution in [2.45, 2.75) is 17.9 Å². The molecule has 0 radical (unpaired) electrons. The normalized spacial score (nSPS) is 10.9. The highest BCUT2D eigenvalue weighted by molar-refractivity contribution is 7.89. The molecule has 0 bridgehead atoms. The quantitative estimate of drug-likeness (QED) is 0.605. The molecule has 2 aromatic rings. The second-order valence-electron chi connectivity index (χ2n) is 4.47. The first-order valence-electron chi connectivity index (χ1n) is 6.27. The summed E-state index contributed by atoms with van der Waals surface area (Å²) in [5, 5.41) is 8.37. The van der Waals surface area contributed by atoms with Crippen LogP contribution in [0.1, 0.15) is 11.1 Å². The van der Waals surface area contributed by atoms with Crippen LogP contribution in [0.4, 0.5) is 0 Å². The van der Waals surface area contributed by atoms with Gasteiger partial charge in [-0.25, -0.2) is 13.6 Å². The minimum absolute atomic E-state index is 0. The summed E-state index contributed by atoms with van der Waals surface area (Å²) in [5.74, 6) is 0. The molecular formula is C14H17ClN3O2S-. The maximum absolute atomic E-state index is 11.1. The largest absolute Gasteiger partial charge is 1.00 e. The van der Waals surface area contributed by atoms with Gasteiger partial charge in [0.25, 0.3) is 0 Å². The van der Waals surface area contributed by atoms with Gasteiger partial charge in [0.05, 0.1) is 4.90 Å². The van der Waals surface area contributed by atoms with Gasteiger partial charge in [-0.05, 0) is 48.4 Å². The molecule has 0 unspecified atom stereocenters. The first kappa shape index (κ1) is 17.6. The predicted octanol–water partition coefficient (Wildman–Crippen LogP) is -1.93. The van der Waals surface area contributed by atoms with E-state index >= 15 is 0 Å². The standard InChI is InChI=1S/C14H17N3O2S.ClH/c15-20(18,19)14-3-1-12(2-4-14)5-10-17-11-13-6-8-16-9-7-13;/h1-4,6-9,17H,5,10-11H2,(H2,15,18,19);1H/p-1. The number of primary sulfonamides is 1. The zero-order chi connectivity index (χ0) is 14.4. The first-order valence-corrected chi connectivity index (χ1v) is 7.82. The Hall–Kier alpha value is -1.47. The van der Waals surface area contributed by atoms with E-state index in [1.54, 1.807) is 24.5 Å². The van der Waals surface area contributed by atoms with Crippen molar-refractivity contribution >= 4 is 10.0 Å². The zero-order valence-electron chi connectivity index (χ0n) is 11.4. The number of nitrogens with two attached hydrogens (primary N) is 1. The van der Waals surface area contributed by atoms with Crippen LogP contribution in [0.25, 0.3) is 0 Å². The Labute approximate surface area is 131 Å². The van der Waals surface area contributed by atoms with Crippen LogP contribution in [0.5, 0.6) is 0 Å². The SMILES string of the molecule is NS(=O)(=O)c1ccc(CCNCc2ccncc2)cc1.[Cl-]. The smallest absolute Gasteiger partial charge is 0.238 e. The van der Waals surface area contributed by atoms with Gasteiger partial charge >= 0.3 is 0 Å². The number of nitrogens with zero attached hydrogens (tertiary/aromatic N) is 1. The van der Waals surface area contributed by atoms with E-state index in [1.807, 2.05) is 12.1 Å². The molecule has 2 rings (SSSR count). The summed E-state index contributed by atoms with van der Waals surface area (Å²) in [5.41, 5.74) is 2.25. The van der Waals surface area contributed by atoms with E-state index in [4.69, 9.17) is 5.14 Å². The maximum atomic E-state index is 11.1. The van der Waals surface area contributed by atoms with Crippen molar-refractivity contribution in [2.75, 3.05) is 6.54 Å². The Balaban J connectivity index is 0.00000220. The summed E-state index contributed by atoms with van der Waals surface area (Å²) in [4.78, 5) is 4.11. The topological polar surface area (TPSA) is 85.1 Å². The first-order chi connectivity index (χ1) is 9.55. The van der Waals surface area contributed by atoms with Gasteiger partial charge in [-0.1, -0.05) is 12.1 Å². The molecule has 5 nitrogen and oxygen atoms in total. The van der Waals surface area contributed by atoms with Crippen molar-refractivity contribution in [3.63, 3.8) is 0 Å². The van der Waals surface area contributed by atoms with Gasteiger partial charge in [-0.3, -0.25) is 4.98 Å². The lowest BCUT2D eigenvalue weighted by Crippen LogP contribution is -3.00. The Morgan fingerprint density at radius 3 is 2.19 bits per heavy atom. The number of sulfonamides is 1. The Morgan fingerprint density at radius 1 is 1.00 bits per heavy atom. The highest BCUT2D eigenvalue weighted by Gasteiger charge is 2.06. The van der Waals surface area contributed by atoms with Crippen molar-refractivity contribution in [2.24, 2.45) is 5.14 Å². The number of aromatic nitrogens is 1. The monoisotopic (exact) mass is 326 g/mol. The summed E-state index contributed by atoms with van der Waals surface area (Å²) in [6, 6.07) is 10.6. The van der Waals surface area contributed by atoms with Gasteiger partial charge in [-0.15, -0.1) is 0 Å². The number of hydrogen-bond donors (Lipinski definition) is 2. The highest BCUT2D eigenvalue weighted by atomic mass is 35.5. The molecule has 0 aliphatic carbocycles. The second-order valence-corrected chi connectivity index (χ2v) is 6.03. The molecule has 0 saturated carbocycles. The lowest BCUT2D eigenvalue weighted by atomic mass is 10.1. The summed E-state index contributed by atoms with van der Waals surface area (Å²) < 4.78 is 22.2. The van der Waals surface area contributed by atoms with Gasteiger partial charge in [-0.2, -0.15) is 0 Å². The maximum Gasteiger partial charge on any atom is 0.238 e. The van der Waals surface area contributed by atoms with E-state index in [-0.39, 0.29) is 17.3 Å². The van der Waals surface area contributed by atoms with E-state index < -0.39 is 10.0 Å². The molecule has 0 amide bonds. The molecule has 0 atom stereocenters. The lowest BCUT2D eigenvalue weighted by Gasteiger charge is -2.05. The number of benzene rings is 1. The number of halogens is 1. The summed E-state index contributed by atoms with van der Waals surface area (Å²) in [6.07, 6.45) is 4.36. The minimum atomic E-state index is -3.60. The van der Waals surface area contributed by atoms with Gasteiger partial charge < -0.3 is 17.7 Å². The fourth-order valence-electron chi connectivity index (χ4n) is 1.81. The zero-order valence-corrected chi connectivity index (χ0v) is 12.9. The summed E-state index contributed by atoms with van der Waals surface area (Å²) >= 11 is 0. The molecule has 21 heavy (non-hydrogen) atoms. The van der Waals surface area contributed by atoms with Gasteiger partial charge in [0.1, 0.15) is 0 Å². The van der Waals surface area contributed by atoms with Crippen LogP contribution in [0.15, 0.2) is 53.7 Å². The fourth-order valence-corrected chi connectivity index (χ4v) is 2.33. The van der Waals surface area contributed by atoms with Crippen molar-refractivity contribution in [3.8, 4) is 0 Å². The third kappa shape index (κ3) is 5.81. The Kier molecular flexibility index (Phi) is 6.77. The van der Waals surface area contributed by atoms with Crippen LogP contribution in [-0.2, 0) is 23.0 Å². The number of rotatable bonds is 6. The van der Waals surface area contributed by atoms with E-state index in [9.17, 15) is 8.42 Å². The molecule has 0 aliphatic heterocycles.